The van der Waals surface area contributed by atoms with E-state index >= 15 is 0 Å². The second-order valence-corrected chi connectivity index (χ2v) is 7.53. The highest BCUT2D eigenvalue weighted by atomic mass is 32.1. The number of amides is 1. The van der Waals surface area contributed by atoms with Crippen molar-refractivity contribution >= 4 is 23.3 Å². The van der Waals surface area contributed by atoms with E-state index in [1.807, 2.05) is 66.9 Å². The van der Waals surface area contributed by atoms with Crippen molar-refractivity contribution in [3.63, 3.8) is 0 Å². The second-order valence-electron chi connectivity index (χ2n) is 6.47. The molecule has 0 aliphatic heterocycles. The van der Waals surface area contributed by atoms with E-state index in [9.17, 15) is 4.79 Å². The molecule has 0 aliphatic carbocycles. The number of thiazole rings is 1. The highest BCUT2D eigenvalue weighted by Gasteiger charge is 2.05. The van der Waals surface area contributed by atoms with Crippen molar-refractivity contribution in [1.29, 1.82) is 0 Å². The largest absolute Gasteiger partial charge is 0.492 e. The Balaban J connectivity index is 1.42. The van der Waals surface area contributed by atoms with E-state index in [2.05, 4.69) is 4.98 Å². The van der Waals surface area contributed by atoms with Crippen molar-refractivity contribution in [2.24, 2.45) is 0 Å². The molecule has 0 radical (unpaired) electrons. The van der Waals surface area contributed by atoms with E-state index in [0.717, 1.165) is 27.8 Å². The molecule has 0 spiro atoms. The summed E-state index contributed by atoms with van der Waals surface area (Å²) in [7, 11) is 1.76. The highest BCUT2D eigenvalue weighted by molar-refractivity contribution is 7.09. The average Bonchev–Trinajstić information content (AvgIpc) is 3.17. The number of hydrogen-bond acceptors (Lipinski definition) is 5. The van der Waals surface area contributed by atoms with Gasteiger partial charge in [-0.3, -0.25) is 4.79 Å². The predicted molar refractivity (Wildman–Crippen MR) is 116 cm³/mol. The van der Waals surface area contributed by atoms with E-state index < -0.39 is 0 Å². The Morgan fingerprint density at radius 3 is 2.48 bits per heavy atom. The number of nitrogens with zero attached hydrogens (tertiary/aromatic N) is 2. The molecule has 0 saturated carbocycles. The molecule has 0 bridgehead atoms. The molecule has 6 heteroatoms. The van der Waals surface area contributed by atoms with Gasteiger partial charge in [-0.1, -0.05) is 30.3 Å². The highest BCUT2D eigenvalue weighted by Crippen LogP contribution is 2.16. The number of benzene rings is 2. The SMILES string of the molecule is Cc1nc(COc2ccc(/C=C/C(=O)N(C)CCOc3ccccc3)cc2)cs1. The summed E-state index contributed by atoms with van der Waals surface area (Å²) in [5.74, 6) is 1.51. The van der Waals surface area contributed by atoms with Gasteiger partial charge in [0.2, 0.25) is 5.91 Å². The van der Waals surface area contributed by atoms with Gasteiger partial charge in [-0.15, -0.1) is 11.3 Å². The molecule has 0 N–H and O–H groups in total. The van der Waals surface area contributed by atoms with Crippen LogP contribution in [0.3, 0.4) is 0 Å². The second kappa shape index (κ2) is 10.4. The van der Waals surface area contributed by atoms with E-state index in [0.29, 0.717) is 19.8 Å². The lowest BCUT2D eigenvalue weighted by Crippen LogP contribution is -2.29. The zero-order valence-electron chi connectivity index (χ0n) is 16.6. The van der Waals surface area contributed by atoms with Crippen LogP contribution in [0.1, 0.15) is 16.3 Å². The predicted octanol–water partition coefficient (Wildman–Crippen LogP) is 4.58. The molecule has 3 rings (SSSR count). The molecule has 150 valence electrons. The Hall–Kier alpha value is -3.12. The monoisotopic (exact) mass is 408 g/mol. The molecule has 1 amide bonds. The number of carbonyl (C=O) groups is 1. The Morgan fingerprint density at radius 2 is 1.79 bits per heavy atom. The van der Waals surface area contributed by atoms with Gasteiger partial charge >= 0.3 is 0 Å². The topological polar surface area (TPSA) is 51.7 Å². The van der Waals surface area contributed by atoms with Gasteiger partial charge in [0.15, 0.2) is 0 Å². The van der Waals surface area contributed by atoms with Crippen LogP contribution in [-0.2, 0) is 11.4 Å². The molecule has 0 atom stereocenters. The summed E-state index contributed by atoms with van der Waals surface area (Å²) in [6.45, 7) is 3.39. The molecule has 29 heavy (non-hydrogen) atoms. The van der Waals surface area contributed by atoms with Gasteiger partial charge in [0.25, 0.3) is 0 Å². The molecule has 1 aromatic heterocycles. The van der Waals surface area contributed by atoms with Gasteiger partial charge < -0.3 is 14.4 Å². The minimum atomic E-state index is -0.0686. The molecule has 1 heterocycles. The standard InChI is InChI=1S/C23H24N2O3S/c1-18-24-20(17-29-18)16-28-22-11-8-19(9-12-22)10-13-23(26)25(2)14-15-27-21-6-4-3-5-7-21/h3-13,17H,14-16H2,1-2H3/b13-10+. The molecule has 2 aromatic carbocycles. The Bertz CT molecular complexity index is 936. The van der Waals surface area contributed by atoms with Crippen LogP contribution in [0.25, 0.3) is 6.08 Å². The van der Waals surface area contributed by atoms with Crippen molar-refractivity contribution in [3.8, 4) is 11.5 Å². The summed E-state index contributed by atoms with van der Waals surface area (Å²) >= 11 is 1.61. The Morgan fingerprint density at radius 1 is 1.07 bits per heavy atom. The summed E-state index contributed by atoms with van der Waals surface area (Å²) in [6.07, 6.45) is 3.36. The van der Waals surface area contributed by atoms with Crippen LogP contribution in [0, 0.1) is 6.92 Å². The smallest absolute Gasteiger partial charge is 0.246 e. The van der Waals surface area contributed by atoms with Crippen molar-refractivity contribution < 1.29 is 14.3 Å². The minimum absolute atomic E-state index is 0.0686. The Kier molecular flexibility index (Phi) is 7.41. The first-order chi connectivity index (χ1) is 14.1. The quantitative estimate of drug-likeness (QED) is 0.486. The number of carbonyl (C=O) groups excluding carboxylic acids is 1. The maximum Gasteiger partial charge on any atom is 0.246 e. The van der Waals surface area contributed by atoms with Gasteiger partial charge in [-0.25, -0.2) is 4.98 Å². The maximum atomic E-state index is 12.2. The van der Waals surface area contributed by atoms with E-state index in [4.69, 9.17) is 9.47 Å². The summed E-state index contributed by atoms with van der Waals surface area (Å²) in [4.78, 5) is 18.2. The van der Waals surface area contributed by atoms with Crippen molar-refractivity contribution in [3.05, 3.63) is 82.3 Å². The molecule has 5 nitrogen and oxygen atoms in total. The van der Waals surface area contributed by atoms with Crippen LogP contribution in [0.4, 0.5) is 0 Å². The molecule has 0 aliphatic rings. The fourth-order valence-corrected chi connectivity index (χ4v) is 3.13. The lowest BCUT2D eigenvalue weighted by Gasteiger charge is -2.15. The molecule has 3 aromatic rings. The Labute approximate surface area is 175 Å². The summed E-state index contributed by atoms with van der Waals surface area (Å²) in [5.41, 5.74) is 1.87. The molecule has 0 unspecified atom stereocenters. The molecule has 0 saturated heterocycles. The van der Waals surface area contributed by atoms with E-state index in [1.165, 1.54) is 0 Å². The summed E-state index contributed by atoms with van der Waals surface area (Å²) in [6, 6.07) is 17.2. The van der Waals surface area contributed by atoms with Crippen molar-refractivity contribution in [2.45, 2.75) is 13.5 Å². The number of aromatic nitrogens is 1. The first kappa shape index (κ1) is 20.6. The van der Waals surface area contributed by atoms with Crippen molar-refractivity contribution in [1.82, 2.24) is 9.88 Å². The van der Waals surface area contributed by atoms with Crippen LogP contribution >= 0.6 is 11.3 Å². The molecule has 0 fully saturated rings. The van der Waals surface area contributed by atoms with Crippen molar-refractivity contribution in [2.75, 3.05) is 20.2 Å². The van der Waals surface area contributed by atoms with Crippen LogP contribution in [0.5, 0.6) is 11.5 Å². The van der Waals surface area contributed by atoms with Crippen LogP contribution in [-0.4, -0.2) is 36.0 Å². The third kappa shape index (κ3) is 6.76. The number of likely N-dealkylation sites (N-methyl/N-ethyl adjacent to an activating group) is 1. The number of aryl methyl sites for hydroxylation is 1. The number of ether oxygens (including phenoxy) is 2. The third-order valence-electron chi connectivity index (χ3n) is 4.17. The number of rotatable bonds is 9. The first-order valence-corrected chi connectivity index (χ1v) is 10.2. The van der Waals surface area contributed by atoms with Crippen LogP contribution < -0.4 is 9.47 Å². The van der Waals surface area contributed by atoms with E-state index in [1.54, 1.807) is 35.4 Å². The molecular weight excluding hydrogens is 384 g/mol. The third-order valence-corrected chi connectivity index (χ3v) is 4.99. The van der Waals surface area contributed by atoms with Gasteiger partial charge in [0.05, 0.1) is 17.2 Å². The zero-order chi connectivity index (χ0) is 20.5. The number of para-hydroxylation sites is 1. The van der Waals surface area contributed by atoms with Crippen LogP contribution in [0.15, 0.2) is 66.1 Å². The zero-order valence-corrected chi connectivity index (χ0v) is 17.4. The fraction of sp³-hybridized carbons (Fsp3) is 0.217. The number of hydrogen-bond donors (Lipinski definition) is 0. The lowest BCUT2D eigenvalue weighted by molar-refractivity contribution is -0.125. The fourth-order valence-electron chi connectivity index (χ4n) is 2.53. The van der Waals surface area contributed by atoms with E-state index in [-0.39, 0.29) is 5.91 Å². The average molecular weight is 409 g/mol. The summed E-state index contributed by atoms with van der Waals surface area (Å²) < 4.78 is 11.4. The van der Waals surface area contributed by atoms with Gasteiger partial charge in [0, 0.05) is 18.5 Å². The van der Waals surface area contributed by atoms with Gasteiger partial charge in [-0.05, 0) is 42.8 Å². The van der Waals surface area contributed by atoms with Gasteiger partial charge in [-0.2, -0.15) is 0 Å². The lowest BCUT2D eigenvalue weighted by atomic mass is 10.2. The maximum absolute atomic E-state index is 12.2. The first-order valence-electron chi connectivity index (χ1n) is 9.35. The van der Waals surface area contributed by atoms with Gasteiger partial charge in [0.1, 0.15) is 24.7 Å². The summed E-state index contributed by atoms with van der Waals surface area (Å²) in [5, 5.41) is 3.03. The normalized spacial score (nSPS) is 10.8. The molecular formula is C23H24N2O3S. The van der Waals surface area contributed by atoms with Crippen LogP contribution in [0.2, 0.25) is 0 Å². The minimum Gasteiger partial charge on any atom is -0.492 e.